The van der Waals surface area contributed by atoms with Crippen LogP contribution in [0.3, 0.4) is 0 Å². The predicted molar refractivity (Wildman–Crippen MR) is 84.5 cm³/mol. The highest BCUT2D eigenvalue weighted by Crippen LogP contribution is 2.36. The Hall–Kier alpha value is -0.460. The van der Waals surface area contributed by atoms with Gasteiger partial charge in [0.25, 0.3) is 0 Å². The van der Waals surface area contributed by atoms with Gasteiger partial charge in [-0.2, -0.15) is 0 Å². The first-order valence-electron chi connectivity index (χ1n) is 5.85. The molecule has 2 aromatic heterocycles. The van der Waals surface area contributed by atoms with Gasteiger partial charge in [-0.3, -0.25) is 9.88 Å². The molecular weight excluding hydrogens is 346 g/mol. The van der Waals surface area contributed by atoms with Gasteiger partial charge in [-0.05, 0) is 46.7 Å². The van der Waals surface area contributed by atoms with Crippen molar-refractivity contribution in [1.82, 2.24) is 9.88 Å². The average Bonchev–Trinajstić information content (AvgIpc) is 2.71. The Balaban J connectivity index is 2.13. The van der Waals surface area contributed by atoms with Crippen molar-refractivity contribution in [1.29, 1.82) is 0 Å². The molecule has 0 bridgehead atoms. The normalized spacial score (nSPS) is 12.9. The monoisotopic (exact) mass is 359 g/mol. The largest absolute Gasteiger partial charge is 0.329 e. The van der Waals surface area contributed by atoms with E-state index in [4.69, 9.17) is 17.3 Å². The second-order valence-corrected chi connectivity index (χ2v) is 6.83. The van der Waals surface area contributed by atoms with Crippen molar-refractivity contribution in [3.05, 3.63) is 49.8 Å². The zero-order chi connectivity index (χ0) is 13.8. The van der Waals surface area contributed by atoms with Crippen LogP contribution in [0, 0.1) is 0 Å². The standard InChI is InChI=1S/C13H15BrClN3S/c1-18(8-9-2-4-17-5-3-9)11(7-16)12-6-10(14)13(15)19-12/h2-6,11H,7-8,16H2,1H3. The van der Waals surface area contributed by atoms with Gasteiger partial charge in [0.15, 0.2) is 0 Å². The fourth-order valence-corrected chi connectivity index (χ4v) is 3.84. The van der Waals surface area contributed by atoms with Crippen LogP contribution in [0.15, 0.2) is 35.1 Å². The molecular formula is C13H15BrClN3S. The number of aromatic nitrogens is 1. The Morgan fingerprint density at radius 3 is 2.68 bits per heavy atom. The van der Waals surface area contributed by atoms with E-state index in [1.54, 1.807) is 23.7 Å². The van der Waals surface area contributed by atoms with E-state index in [-0.39, 0.29) is 6.04 Å². The highest BCUT2D eigenvalue weighted by atomic mass is 79.9. The molecule has 0 aliphatic carbocycles. The van der Waals surface area contributed by atoms with Gasteiger partial charge in [-0.1, -0.05) is 11.6 Å². The molecule has 0 saturated carbocycles. The molecule has 6 heteroatoms. The zero-order valence-electron chi connectivity index (χ0n) is 10.5. The maximum Gasteiger partial charge on any atom is 0.107 e. The van der Waals surface area contributed by atoms with Gasteiger partial charge in [0.05, 0.1) is 6.04 Å². The van der Waals surface area contributed by atoms with E-state index in [0.29, 0.717) is 6.54 Å². The summed E-state index contributed by atoms with van der Waals surface area (Å²) in [5.74, 6) is 0. The summed E-state index contributed by atoms with van der Waals surface area (Å²) >= 11 is 11.1. The summed E-state index contributed by atoms with van der Waals surface area (Å²) in [5, 5.41) is 0. The SMILES string of the molecule is CN(Cc1ccncc1)C(CN)c1cc(Br)c(Cl)s1. The third-order valence-corrected chi connectivity index (χ3v) is 5.51. The number of nitrogens with zero attached hydrogens (tertiary/aromatic N) is 2. The summed E-state index contributed by atoms with van der Waals surface area (Å²) in [7, 11) is 2.07. The zero-order valence-corrected chi connectivity index (χ0v) is 13.7. The molecule has 0 fully saturated rings. The van der Waals surface area contributed by atoms with Gasteiger partial charge >= 0.3 is 0 Å². The second kappa shape index (κ2) is 6.81. The highest BCUT2D eigenvalue weighted by molar-refractivity contribution is 9.10. The van der Waals surface area contributed by atoms with E-state index in [2.05, 4.69) is 32.9 Å². The van der Waals surface area contributed by atoms with E-state index < -0.39 is 0 Å². The van der Waals surface area contributed by atoms with Crippen molar-refractivity contribution in [2.75, 3.05) is 13.6 Å². The molecule has 0 amide bonds. The van der Waals surface area contributed by atoms with Crippen LogP contribution in [0.2, 0.25) is 4.34 Å². The molecule has 0 aliphatic heterocycles. The average molecular weight is 361 g/mol. The van der Waals surface area contributed by atoms with Crippen molar-refractivity contribution in [3.8, 4) is 0 Å². The fraction of sp³-hybridized carbons (Fsp3) is 0.308. The van der Waals surface area contributed by atoms with Crippen LogP contribution in [0.25, 0.3) is 0 Å². The maximum absolute atomic E-state index is 6.10. The lowest BCUT2D eigenvalue weighted by Crippen LogP contribution is -2.29. The summed E-state index contributed by atoms with van der Waals surface area (Å²) in [6.07, 6.45) is 3.61. The third kappa shape index (κ3) is 3.77. The van der Waals surface area contributed by atoms with Gasteiger partial charge in [0.2, 0.25) is 0 Å². The minimum atomic E-state index is 0.168. The Labute approximate surface area is 130 Å². The summed E-state index contributed by atoms with van der Waals surface area (Å²) in [6.45, 7) is 1.39. The number of nitrogens with two attached hydrogens (primary N) is 1. The lowest BCUT2D eigenvalue weighted by Gasteiger charge is -2.26. The molecule has 0 aliphatic rings. The second-order valence-electron chi connectivity index (χ2n) is 4.29. The number of hydrogen-bond acceptors (Lipinski definition) is 4. The Morgan fingerprint density at radius 1 is 1.47 bits per heavy atom. The molecule has 2 aromatic rings. The van der Waals surface area contributed by atoms with E-state index in [0.717, 1.165) is 15.4 Å². The summed E-state index contributed by atoms with van der Waals surface area (Å²) in [5.41, 5.74) is 7.13. The van der Waals surface area contributed by atoms with Crippen LogP contribution >= 0.6 is 38.9 Å². The number of likely N-dealkylation sites (N-methyl/N-ethyl adjacent to an activating group) is 1. The van der Waals surface area contributed by atoms with Gasteiger partial charge in [-0.25, -0.2) is 0 Å². The van der Waals surface area contributed by atoms with E-state index in [1.165, 1.54) is 10.4 Å². The van der Waals surface area contributed by atoms with Gasteiger partial charge in [0, 0.05) is 34.8 Å². The van der Waals surface area contributed by atoms with Crippen LogP contribution in [-0.4, -0.2) is 23.5 Å². The van der Waals surface area contributed by atoms with Gasteiger partial charge < -0.3 is 5.73 Å². The Bertz CT molecular complexity index is 512. The third-order valence-electron chi connectivity index (χ3n) is 2.93. The molecule has 2 heterocycles. The minimum Gasteiger partial charge on any atom is -0.329 e. The smallest absolute Gasteiger partial charge is 0.107 e. The van der Waals surface area contributed by atoms with Crippen LogP contribution in [-0.2, 0) is 6.54 Å². The van der Waals surface area contributed by atoms with E-state index in [1.807, 2.05) is 18.2 Å². The van der Waals surface area contributed by atoms with Crippen molar-refractivity contribution in [2.45, 2.75) is 12.6 Å². The number of thiophene rings is 1. The molecule has 2 rings (SSSR count). The highest BCUT2D eigenvalue weighted by Gasteiger charge is 2.19. The molecule has 1 atom stereocenters. The van der Waals surface area contributed by atoms with Gasteiger partial charge in [-0.15, -0.1) is 11.3 Å². The first-order chi connectivity index (χ1) is 9.11. The number of rotatable bonds is 5. The lowest BCUT2D eigenvalue weighted by molar-refractivity contribution is 0.245. The van der Waals surface area contributed by atoms with Crippen LogP contribution in [0.5, 0.6) is 0 Å². The molecule has 0 radical (unpaired) electrons. The molecule has 0 aromatic carbocycles. The summed E-state index contributed by atoms with van der Waals surface area (Å²) in [4.78, 5) is 7.43. The first kappa shape index (κ1) is 14.9. The molecule has 0 saturated heterocycles. The first-order valence-corrected chi connectivity index (χ1v) is 7.84. The molecule has 2 N–H and O–H groups in total. The summed E-state index contributed by atoms with van der Waals surface area (Å²) < 4.78 is 1.70. The molecule has 0 spiro atoms. The number of hydrogen-bond donors (Lipinski definition) is 1. The van der Waals surface area contributed by atoms with Crippen LogP contribution < -0.4 is 5.73 Å². The van der Waals surface area contributed by atoms with Gasteiger partial charge in [0.1, 0.15) is 4.34 Å². The van der Waals surface area contributed by atoms with Crippen molar-refractivity contribution >= 4 is 38.9 Å². The van der Waals surface area contributed by atoms with Crippen LogP contribution in [0.4, 0.5) is 0 Å². The molecule has 1 unspecified atom stereocenters. The van der Waals surface area contributed by atoms with Crippen molar-refractivity contribution < 1.29 is 0 Å². The minimum absolute atomic E-state index is 0.168. The molecule has 19 heavy (non-hydrogen) atoms. The predicted octanol–water partition coefficient (Wildman–Crippen LogP) is 3.69. The molecule has 102 valence electrons. The maximum atomic E-state index is 6.10. The molecule has 3 nitrogen and oxygen atoms in total. The number of halogens is 2. The van der Waals surface area contributed by atoms with Crippen molar-refractivity contribution in [2.24, 2.45) is 5.73 Å². The Kier molecular flexibility index (Phi) is 5.36. The topological polar surface area (TPSA) is 42.2 Å². The lowest BCUT2D eigenvalue weighted by atomic mass is 10.2. The summed E-state index contributed by atoms with van der Waals surface area (Å²) in [6, 6.07) is 6.25. The van der Waals surface area contributed by atoms with Crippen molar-refractivity contribution in [3.63, 3.8) is 0 Å². The van der Waals surface area contributed by atoms with E-state index >= 15 is 0 Å². The van der Waals surface area contributed by atoms with Crippen LogP contribution in [0.1, 0.15) is 16.5 Å². The number of pyridine rings is 1. The fourth-order valence-electron chi connectivity index (χ4n) is 1.93. The quantitative estimate of drug-likeness (QED) is 0.884. The Morgan fingerprint density at radius 2 is 2.16 bits per heavy atom. The van der Waals surface area contributed by atoms with E-state index in [9.17, 15) is 0 Å².